The highest BCUT2D eigenvalue weighted by Gasteiger charge is 2.31. The summed E-state index contributed by atoms with van der Waals surface area (Å²) in [5, 5.41) is 33.3. The van der Waals surface area contributed by atoms with Crippen molar-refractivity contribution in [2.45, 2.75) is 57.8 Å². The Balaban J connectivity index is 1.72. The number of ether oxygens (including phenoxy) is 1. The summed E-state index contributed by atoms with van der Waals surface area (Å²) in [6.45, 7) is 4.09. The zero-order chi connectivity index (χ0) is 33.1. The lowest BCUT2D eigenvalue weighted by Gasteiger charge is -2.20. The number of hydrogen-bond donors (Lipinski definition) is 4. The molecular formula is C37H41FN2O6. The molecule has 0 radical (unpaired) electrons. The molecule has 0 saturated heterocycles. The summed E-state index contributed by atoms with van der Waals surface area (Å²) >= 11 is 0. The van der Waals surface area contributed by atoms with Crippen LogP contribution in [0, 0.1) is 5.82 Å². The number of nitrogens with zero attached hydrogens (tertiary/aromatic N) is 1. The van der Waals surface area contributed by atoms with Gasteiger partial charge >= 0.3 is 5.97 Å². The average Bonchev–Trinajstić information content (AvgIpc) is 3.39. The second-order valence-electron chi connectivity index (χ2n) is 11.4. The fraction of sp³-hybridized carbons (Fsp3) is 0.297. The Hall–Kier alpha value is -4.57. The Kier molecular flexibility index (Phi) is 12.4. The van der Waals surface area contributed by atoms with Crippen molar-refractivity contribution in [3.63, 3.8) is 0 Å². The highest BCUT2D eigenvalue weighted by molar-refractivity contribution is 6.12. The van der Waals surface area contributed by atoms with Crippen molar-refractivity contribution in [2.24, 2.45) is 0 Å². The molecule has 3 aromatic carbocycles. The van der Waals surface area contributed by atoms with Crippen molar-refractivity contribution >= 4 is 17.6 Å². The van der Waals surface area contributed by atoms with Crippen molar-refractivity contribution in [3.8, 4) is 22.4 Å². The molecule has 0 unspecified atom stereocenters. The molecule has 0 spiro atoms. The smallest absolute Gasteiger partial charge is 0.308 e. The van der Waals surface area contributed by atoms with Crippen molar-refractivity contribution in [1.82, 2.24) is 4.57 Å². The van der Waals surface area contributed by atoms with E-state index < -0.39 is 18.2 Å². The van der Waals surface area contributed by atoms with Gasteiger partial charge in [0.05, 0.1) is 36.5 Å². The molecule has 1 heterocycles. The van der Waals surface area contributed by atoms with Crippen LogP contribution in [0.4, 0.5) is 10.1 Å². The molecule has 0 aliphatic carbocycles. The third-order valence-corrected chi connectivity index (χ3v) is 7.53. The normalized spacial score (nSPS) is 12.8. The van der Waals surface area contributed by atoms with Crippen LogP contribution in [-0.2, 0) is 16.1 Å². The lowest BCUT2D eigenvalue weighted by Crippen LogP contribution is -2.23. The van der Waals surface area contributed by atoms with Crippen molar-refractivity contribution in [2.75, 3.05) is 18.5 Å². The quantitative estimate of drug-likeness (QED) is 0.0903. The number of aliphatic hydroxyl groups excluding tert-OH is 3. The van der Waals surface area contributed by atoms with Gasteiger partial charge in [0.15, 0.2) is 0 Å². The number of amides is 1. The zero-order valence-electron chi connectivity index (χ0n) is 26.1. The van der Waals surface area contributed by atoms with Crippen LogP contribution < -0.4 is 5.32 Å². The van der Waals surface area contributed by atoms with E-state index >= 15 is 0 Å². The maximum Gasteiger partial charge on any atom is 0.308 e. The number of rotatable bonds is 15. The van der Waals surface area contributed by atoms with Gasteiger partial charge in [0, 0.05) is 23.5 Å². The second-order valence-corrected chi connectivity index (χ2v) is 11.4. The van der Waals surface area contributed by atoms with Gasteiger partial charge in [-0.25, -0.2) is 4.39 Å². The number of nitrogens with one attached hydrogen (secondary N) is 1. The van der Waals surface area contributed by atoms with Gasteiger partial charge < -0.3 is 29.9 Å². The Morgan fingerprint density at radius 2 is 1.54 bits per heavy atom. The van der Waals surface area contributed by atoms with Gasteiger partial charge in [-0.3, -0.25) is 9.59 Å². The molecule has 0 fully saturated rings. The van der Waals surface area contributed by atoms with Gasteiger partial charge in [-0.1, -0.05) is 68.5 Å². The van der Waals surface area contributed by atoms with Crippen LogP contribution in [-0.4, -0.2) is 57.2 Å². The first kappa shape index (κ1) is 34.3. The van der Waals surface area contributed by atoms with Crippen LogP contribution in [0.25, 0.3) is 22.4 Å². The Morgan fingerprint density at radius 1 is 0.891 bits per heavy atom. The summed E-state index contributed by atoms with van der Waals surface area (Å²) in [4.78, 5) is 26.2. The van der Waals surface area contributed by atoms with Gasteiger partial charge in [-0.05, 0) is 72.4 Å². The molecule has 0 aliphatic rings. The average molecular weight is 629 g/mol. The van der Waals surface area contributed by atoms with E-state index in [1.807, 2.05) is 79.1 Å². The summed E-state index contributed by atoms with van der Waals surface area (Å²) in [6, 6.07) is 24.9. The topological polar surface area (TPSA) is 121 Å². The molecule has 4 rings (SSSR count). The van der Waals surface area contributed by atoms with Crippen LogP contribution >= 0.6 is 0 Å². The number of benzene rings is 3. The van der Waals surface area contributed by atoms with Crippen LogP contribution in [0.3, 0.4) is 0 Å². The van der Waals surface area contributed by atoms with Gasteiger partial charge in [0.25, 0.3) is 5.91 Å². The number of carbonyl (C=O) groups excluding carboxylic acids is 2. The molecule has 1 aromatic heterocycles. The zero-order valence-corrected chi connectivity index (χ0v) is 26.1. The first-order valence-corrected chi connectivity index (χ1v) is 15.4. The fourth-order valence-electron chi connectivity index (χ4n) is 5.54. The number of para-hydroxylation sites is 1. The highest BCUT2D eigenvalue weighted by Crippen LogP contribution is 2.42. The molecular weight excluding hydrogens is 587 g/mol. The lowest BCUT2D eigenvalue weighted by atomic mass is 9.94. The summed E-state index contributed by atoms with van der Waals surface area (Å²) in [6.07, 6.45) is 0.720. The maximum absolute atomic E-state index is 14.2. The number of anilines is 1. The number of esters is 1. The summed E-state index contributed by atoms with van der Waals surface area (Å²) < 4.78 is 21.1. The predicted octanol–water partition coefficient (Wildman–Crippen LogP) is 6.32. The van der Waals surface area contributed by atoms with Crippen LogP contribution in [0.2, 0.25) is 0 Å². The first-order valence-electron chi connectivity index (χ1n) is 15.4. The SMILES string of the molecule is CC(C)c1c(C(=O)Nc2ccccc2)c(-c2ccccc2)c(-c2ccc(F)cc2)n1CC[C@@H](O)C[C@@H](O)CC(=O)OCC=CCO. The Bertz CT molecular complexity index is 1600. The maximum atomic E-state index is 14.2. The third kappa shape index (κ3) is 9.00. The molecule has 0 bridgehead atoms. The largest absolute Gasteiger partial charge is 0.461 e. The molecule has 0 aliphatic heterocycles. The fourth-order valence-corrected chi connectivity index (χ4v) is 5.54. The minimum Gasteiger partial charge on any atom is -0.461 e. The first-order chi connectivity index (χ1) is 22.2. The van der Waals surface area contributed by atoms with Gasteiger partial charge in [0.2, 0.25) is 0 Å². The van der Waals surface area contributed by atoms with Gasteiger partial charge in [-0.15, -0.1) is 0 Å². The number of halogens is 1. The molecule has 242 valence electrons. The molecule has 4 aromatic rings. The molecule has 46 heavy (non-hydrogen) atoms. The standard InChI is InChI=1S/C37H41FN2O6/c1-25(2)35-34(37(45)39-29-13-7-4-8-14-29)33(26-11-5-3-6-12-26)36(27-15-17-28(38)18-16-27)40(35)20-19-30(42)23-31(43)24-32(44)46-22-10-9-21-41/h3-18,25,30-31,41-43H,19-24H2,1-2H3,(H,39,45)/t30-,31-/m1/s1. The molecule has 2 atom stereocenters. The van der Waals surface area contributed by atoms with Gasteiger partial charge in [0.1, 0.15) is 12.4 Å². The number of aliphatic hydroxyl groups is 3. The van der Waals surface area contributed by atoms with E-state index in [4.69, 9.17) is 9.84 Å². The summed E-state index contributed by atoms with van der Waals surface area (Å²) in [5.41, 5.74) is 4.79. The molecule has 4 N–H and O–H groups in total. The van der Waals surface area contributed by atoms with E-state index in [1.54, 1.807) is 12.1 Å². The van der Waals surface area contributed by atoms with Crippen molar-refractivity contribution in [1.29, 1.82) is 0 Å². The molecule has 8 nitrogen and oxygen atoms in total. The Labute approximate surface area is 268 Å². The minimum absolute atomic E-state index is 0.0175. The summed E-state index contributed by atoms with van der Waals surface area (Å²) in [5.74, 6) is -1.42. The van der Waals surface area contributed by atoms with E-state index in [9.17, 15) is 24.2 Å². The number of aromatic nitrogens is 1. The Morgan fingerprint density at radius 3 is 2.17 bits per heavy atom. The molecule has 0 saturated carbocycles. The second kappa shape index (κ2) is 16.7. The van der Waals surface area contributed by atoms with E-state index in [0.29, 0.717) is 28.1 Å². The van der Waals surface area contributed by atoms with E-state index in [2.05, 4.69) is 5.32 Å². The van der Waals surface area contributed by atoms with Crippen LogP contribution in [0.5, 0.6) is 0 Å². The van der Waals surface area contributed by atoms with Crippen molar-refractivity contribution < 1.29 is 34.0 Å². The monoisotopic (exact) mass is 628 g/mol. The third-order valence-electron chi connectivity index (χ3n) is 7.53. The number of carbonyl (C=O) groups is 2. The minimum atomic E-state index is -1.12. The molecule has 9 heteroatoms. The van der Waals surface area contributed by atoms with Gasteiger partial charge in [-0.2, -0.15) is 0 Å². The van der Waals surface area contributed by atoms with E-state index in [1.165, 1.54) is 24.3 Å². The lowest BCUT2D eigenvalue weighted by molar-refractivity contribution is -0.145. The summed E-state index contributed by atoms with van der Waals surface area (Å²) in [7, 11) is 0. The van der Waals surface area contributed by atoms with Crippen LogP contribution in [0.15, 0.2) is 97.1 Å². The van der Waals surface area contributed by atoms with Crippen molar-refractivity contribution in [3.05, 3.63) is 114 Å². The highest BCUT2D eigenvalue weighted by atomic mass is 19.1. The van der Waals surface area contributed by atoms with E-state index in [-0.39, 0.29) is 56.7 Å². The predicted molar refractivity (Wildman–Crippen MR) is 177 cm³/mol. The molecule has 1 amide bonds. The van der Waals surface area contributed by atoms with Crippen LogP contribution in [0.1, 0.15) is 55.1 Å². The number of hydrogen-bond acceptors (Lipinski definition) is 6. The van der Waals surface area contributed by atoms with E-state index in [0.717, 1.165) is 11.3 Å².